The molecule has 1 heterocycles. The van der Waals surface area contributed by atoms with E-state index in [1.165, 1.54) is 5.56 Å². The Morgan fingerprint density at radius 1 is 1.47 bits per heavy atom. The van der Waals surface area contributed by atoms with E-state index in [1.807, 2.05) is 6.07 Å². The fourth-order valence-corrected chi connectivity index (χ4v) is 1.79. The summed E-state index contributed by atoms with van der Waals surface area (Å²) < 4.78 is 10.9. The normalized spacial score (nSPS) is 13.1. The molecular weight excluding hydrogens is 216 g/mol. The minimum Gasteiger partial charge on any atom is -0.441 e. The Balaban J connectivity index is 2.25. The quantitative estimate of drug-likeness (QED) is 0.858. The van der Waals surface area contributed by atoms with Crippen LogP contribution in [0, 0.1) is 0 Å². The molecule has 0 aliphatic rings. The molecule has 1 aromatic carbocycles. The standard InChI is InChI=1S/C13H18N2O2/c1-3-9-4-5-12-11(6-9)15-13(17-12)7-10(8-14)16-2/h4-6,10H,3,7-8,14H2,1-2H3. The summed E-state index contributed by atoms with van der Waals surface area (Å²) in [6.45, 7) is 2.59. The first-order valence-electron chi connectivity index (χ1n) is 5.88. The molecule has 0 aliphatic carbocycles. The average molecular weight is 234 g/mol. The predicted molar refractivity (Wildman–Crippen MR) is 66.9 cm³/mol. The number of aryl methyl sites for hydroxylation is 1. The van der Waals surface area contributed by atoms with Crippen LogP contribution in [0.2, 0.25) is 0 Å². The van der Waals surface area contributed by atoms with Crippen molar-refractivity contribution in [1.82, 2.24) is 4.98 Å². The molecule has 4 heteroatoms. The Hall–Kier alpha value is -1.39. The Morgan fingerprint density at radius 3 is 2.94 bits per heavy atom. The number of rotatable bonds is 5. The highest BCUT2D eigenvalue weighted by molar-refractivity contribution is 5.73. The average Bonchev–Trinajstić information content (AvgIpc) is 2.76. The lowest BCUT2D eigenvalue weighted by atomic mass is 10.1. The van der Waals surface area contributed by atoms with E-state index in [0.717, 1.165) is 17.5 Å². The van der Waals surface area contributed by atoms with Crippen LogP contribution in [0.15, 0.2) is 22.6 Å². The summed E-state index contributed by atoms with van der Waals surface area (Å²) in [5.74, 6) is 0.686. The second kappa shape index (κ2) is 5.29. The van der Waals surface area contributed by atoms with Crippen LogP contribution in [0.25, 0.3) is 11.1 Å². The number of benzene rings is 1. The van der Waals surface area contributed by atoms with Crippen LogP contribution < -0.4 is 5.73 Å². The van der Waals surface area contributed by atoms with Crippen molar-refractivity contribution in [2.24, 2.45) is 5.73 Å². The number of hydrogen-bond acceptors (Lipinski definition) is 4. The summed E-state index contributed by atoms with van der Waals surface area (Å²) in [4.78, 5) is 4.45. The Bertz CT molecular complexity index is 489. The smallest absolute Gasteiger partial charge is 0.198 e. The number of ether oxygens (including phenoxy) is 1. The molecule has 0 saturated heterocycles. The van der Waals surface area contributed by atoms with E-state index in [1.54, 1.807) is 7.11 Å². The molecule has 0 radical (unpaired) electrons. The van der Waals surface area contributed by atoms with E-state index in [9.17, 15) is 0 Å². The van der Waals surface area contributed by atoms with Crippen LogP contribution in [-0.4, -0.2) is 24.7 Å². The highest BCUT2D eigenvalue weighted by Crippen LogP contribution is 2.18. The van der Waals surface area contributed by atoms with E-state index in [-0.39, 0.29) is 6.10 Å². The van der Waals surface area contributed by atoms with Crippen molar-refractivity contribution in [3.8, 4) is 0 Å². The number of aromatic nitrogens is 1. The zero-order valence-corrected chi connectivity index (χ0v) is 10.3. The summed E-state index contributed by atoms with van der Waals surface area (Å²) in [5.41, 5.74) is 8.57. The zero-order valence-electron chi connectivity index (χ0n) is 10.3. The summed E-state index contributed by atoms with van der Waals surface area (Å²) in [6, 6.07) is 6.09. The second-order valence-corrected chi connectivity index (χ2v) is 4.06. The van der Waals surface area contributed by atoms with Gasteiger partial charge in [-0.2, -0.15) is 0 Å². The molecule has 2 aromatic rings. The number of fused-ring (bicyclic) bond motifs is 1. The monoisotopic (exact) mass is 234 g/mol. The Morgan fingerprint density at radius 2 is 2.29 bits per heavy atom. The van der Waals surface area contributed by atoms with E-state index in [4.69, 9.17) is 14.9 Å². The second-order valence-electron chi connectivity index (χ2n) is 4.06. The predicted octanol–water partition coefficient (Wildman–Crippen LogP) is 1.91. The van der Waals surface area contributed by atoms with Gasteiger partial charge in [0.1, 0.15) is 5.52 Å². The summed E-state index contributed by atoms with van der Waals surface area (Å²) in [7, 11) is 1.65. The number of nitrogens with zero attached hydrogens (tertiary/aromatic N) is 1. The fourth-order valence-electron chi connectivity index (χ4n) is 1.79. The van der Waals surface area contributed by atoms with Gasteiger partial charge in [-0.15, -0.1) is 0 Å². The van der Waals surface area contributed by atoms with Crippen LogP contribution in [-0.2, 0) is 17.6 Å². The SMILES string of the molecule is CCc1ccc2oc(CC(CN)OC)nc2c1. The van der Waals surface area contributed by atoms with Gasteiger partial charge in [0, 0.05) is 13.7 Å². The summed E-state index contributed by atoms with van der Waals surface area (Å²) >= 11 is 0. The highest BCUT2D eigenvalue weighted by Gasteiger charge is 2.12. The van der Waals surface area contributed by atoms with Gasteiger partial charge in [0.15, 0.2) is 11.5 Å². The fraction of sp³-hybridized carbons (Fsp3) is 0.462. The van der Waals surface area contributed by atoms with Gasteiger partial charge >= 0.3 is 0 Å². The number of methoxy groups -OCH3 is 1. The molecule has 1 unspecified atom stereocenters. The molecule has 1 aromatic heterocycles. The number of hydrogen-bond donors (Lipinski definition) is 1. The maximum Gasteiger partial charge on any atom is 0.198 e. The zero-order chi connectivity index (χ0) is 12.3. The van der Waals surface area contributed by atoms with E-state index in [2.05, 4.69) is 24.0 Å². The van der Waals surface area contributed by atoms with Crippen molar-refractivity contribution in [2.75, 3.05) is 13.7 Å². The highest BCUT2D eigenvalue weighted by atomic mass is 16.5. The minimum atomic E-state index is -0.0336. The molecule has 0 spiro atoms. The van der Waals surface area contributed by atoms with Gasteiger partial charge in [-0.3, -0.25) is 0 Å². The maximum atomic E-state index is 5.66. The summed E-state index contributed by atoms with van der Waals surface area (Å²) in [5, 5.41) is 0. The van der Waals surface area contributed by atoms with Gasteiger partial charge in [0.25, 0.3) is 0 Å². The molecule has 0 amide bonds. The molecule has 2 rings (SSSR count). The third-order valence-electron chi connectivity index (χ3n) is 2.90. The molecular formula is C13H18N2O2. The molecule has 4 nitrogen and oxygen atoms in total. The van der Waals surface area contributed by atoms with Crippen LogP contribution in [0.4, 0.5) is 0 Å². The molecule has 0 aliphatic heterocycles. The molecule has 2 N–H and O–H groups in total. The first kappa shape index (κ1) is 12.1. The lowest BCUT2D eigenvalue weighted by Gasteiger charge is -2.09. The van der Waals surface area contributed by atoms with Crippen molar-refractivity contribution >= 4 is 11.1 Å². The van der Waals surface area contributed by atoms with Crippen molar-refractivity contribution in [3.63, 3.8) is 0 Å². The van der Waals surface area contributed by atoms with Gasteiger partial charge in [-0.25, -0.2) is 4.98 Å². The topological polar surface area (TPSA) is 61.3 Å². The van der Waals surface area contributed by atoms with Crippen molar-refractivity contribution in [1.29, 1.82) is 0 Å². The van der Waals surface area contributed by atoms with Crippen molar-refractivity contribution in [3.05, 3.63) is 29.7 Å². The van der Waals surface area contributed by atoms with Gasteiger partial charge in [-0.05, 0) is 24.1 Å². The van der Waals surface area contributed by atoms with Crippen LogP contribution >= 0.6 is 0 Å². The van der Waals surface area contributed by atoms with Crippen LogP contribution in [0.3, 0.4) is 0 Å². The van der Waals surface area contributed by atoms with Crippen molar-refractivity contribution < 1.29 is 9.15 Å². The largest absolute Gasteiger partial charge is 0.441 e. The van der Waals surface area contributed by atoms with Crippen LogP contribution in [0.1, 0.15) is 18.4 Å². The lowest BCUT2D eigenvalue weighted by molar-refractivity contribution is 0.104. The third kappa shape index (κ3) is 2.65. The number of nitrogens with two attached hydrogens (primary N) is 1. The maximum absolute atomic E-state index is 5.66. The first-order valence-corrected chi connectivity index (χ1v) is 5.88. The lowest BCUT2D eigenvalue weighted by Crippen LogP contribution is -2.24. The molecule has 17 heavy (non-hydrogen) atoms. The molecule has 0 fully saturated rings. The summed E-state index contributed by atoms with van der Waals surface area (Å²) in [6.07, 6.45) is 1.58. The molecule has 0 bridgehead atoms. The molecule has 0 saturated carbocycles. The van der Waals surface area contributed by atoms with Crippen molar-refractivity contribution in [2.45, 2.75) is 25.9 Å². The Labute approximate surface area is 101 Å². The van der Waals surface area contributed by atoms with Gasteiger partial charge in [0.05, 0.1) is 12.5 Å². The van der Waals surface area contributed by atoms with Gasteiger partial charge in [0.2, 0.25) is 0 Å². The molecule has 1 atom stereocenters. The third-order valence-corrected chi connectivity index (χ3v) is 2.90. The van der Waals surface area contributed by atoms with E-state index in [0.29, 0.717) is 18.9 Å². The Kier molecular flexibility index (Phi) is 3.76. The van der Waals surface area contributed by atoms with Crippen LogP contribution in [0.5, 0.6) is 0 Å². The molecule has 92 valence electrons. The van der Waals surface area contributed by atoms with Gasteiger partial charge < -0.3 is 14.9 Å². The van der Waals surface area contributed by atoms with E-state index < -0.39 is 0 Å². The minimum absolute atomic E-state index is 0.0336. The number of oxazole rings is 1. The van der Waals surface area contributed by atoms with E-state index >= 15 is 0 Å². The van der Waals surface area contributed by atoms with Gasteiger partial charge in [-0.1, -0.05) is 13.0 Å². The first-order chi connectivity index (χ1) is 8.26.